The van der Waals surface area contributed by atoms with Gasteiger partial charge in [0.15, 0.2) is 0 Å². The van der Waals surface area contributed by atoms with Crippen molar-refractivity contribution in [3.8, 4) is 5.75 Å². The third-order valence-electron chi connectivity index (χ3n) is 4.35. The number of nitrogens with one attached hydrogen (secondary N) is 2. The van der Waals surface area contributed by atoms with Crippen molar-refractivity contribution in [2.24, 2.45) is 5.41 Å². The van der Waals surface area contributed by atoms with Crippen LogP contribution < -0.4 is 15.4 Å². The van der Waals surface area contributed by atoms with Crippen molar-refractivity contribution in [1.29, 1.82) is 0 Å². The molecule has 0 aliphatic rings. The molecule has 30 heavy (non-hydrogen) atoms. The fourth-order valence-corrected chi connectivity index (χ4v) is 3.01. The van der Waals surface area contributed by atoms with Crippen molar-refractivity contribution < 1.29 is 28.9 Å². The predicted octanol–water partition coefficient (Wildman–Crippen LogP) is 2.55. The van der Waals surface area contributed by atoms with Gasteiger partial charge in [-0.15, -0.1) is 0 Å². The van der Waals surface area contributed by atoms with Gasteiger partial charge in [-0.25, -0.2) is 4.79 Å². The van der Waals surface area contributed by atoms with Crippen molar-refractivity contribution >= 4 is 23.7 Å². The molecule has 0 saturated carbocycles. The maximum Gasteiger partial charge on any atom is 0.407 e. The number of amides is 1. The molecule has 0 aliphatic carbocycles. The lowest BCUT2D eigenvalue weighted by molar-refractivity contribution is -0.153. The summed E-state index contributed by atoms with van der Waals surface area (Å²) in [6.07, 6.45) is -0.0869. The number of methoxy groups -OCH3 is 2. The molecule has 1 aromatic carbocycles. The molecule has 8 nitrogen and oxygen atoms in total. The van der Waals surface area contributed by atoms with Crippen molar-refractivity contribution in [1.82, 2.24) is 10.6 Å². The standard InChI is InChI=1S/C21H33ClN2O6/c1-20(2,3)30-19(27)24-15(9-14-7-8-17(28-5)16(22)10-14)11-23-12-21(4,13-25)18(26)29-6/h7-8,10,15,23,25H,9,11-13H2,1-6H3,(H,24,27)/t15-,21?/m1/s1. The zero-order chi connectivity index (χ0) is 22.9. The van der Waals surface area contributed by atoms with Gasteiger partial charge in [0.1, 0.15) is 16.8 Å². The first kappa shape index (κ1) is 26.0. The van der Waals surface area contributed by atoms with Crippen LogP contribution in [-0.2, 0) is 20.7 Å². The Balaban J connectivity index is 2.88. The summed E-state index contributed by atoms with van der Waals surface area (Å²) in [5.41, 5.74) is -0.831. The molecule has 0 aliphatic heterocycles. The Hall–Kier alpha value is -2.03. The van der Waals surface area contributed by atoms with Crippen molar-refractivity contribution in [2.45, 2.75) is 45.8 Å². The second kappa shape index (κ2) is 11.4. The Morgan fingerprint density at radius 1 is 1.20 bits per heavy atom. The van der Waals surface area contributed by atoms with Crippen molar-refractivity contribution in [3.63, 3.8) is 0 Å². The maximum absolute atomic E-state index is 12.3. The lowest BCUT2D eigenvalue weighted by atomic mass is 9.91. The summed E-state index contributed by atoms with van der Waals surface area (Å²) in [6.45, 7) is 7.09. The van der Waals surface area contributed by atoms with Gasteiger partial charge >= 0.3 is 12.1 Å². The van der Waals surface area contributed by atoms with Crippen LogP contribution >= 0.6 is 11.6 Å². The van der Waals surface area contributed by atoms with E-state index in [4.69, 9.17) is 25.8 Å². The highest BCUT2D eigenvalue weighted by Crippen LogP contribution is 2.25. The van der Waals surface area contributed by atoms with E-state index >= 15 is 0 Å². The van der Waals surface area contributed by atoms with Crippen LogP contribution in [0.5, 0.6) is 5.75 Å². The Morgan fingerprint density at radius 3 is 2.37 bits per heavy atom. The van der Waals surface area contributed by atoms with Gasteiger partial charge in [0.25, 0.3) is 0 Å². The summed E-state index contributed by atoms with van der Waals surface area (Å²) >= 11 is 6.21. The van der Waals surface area contributed by atoms with Gasteiger partial charge in [-0.1, -0.05) is 17.7 Å². The van der Waals surface area contributed by atoms with Gasteiger partial charge in [0, 0.05) is 19.1 Å². The Labute approximate surface area is 183 Å². The molecule has 2 atom stereocenters. The number of aliphatic hydroxyl groups is 1. The predicted molar refractivity (Wildman–Crippen MR) is 115 cm³/mol. The number of rotatable bonds is 10. The smallest absolute Gasteiger partial charge is 0.407 e. The van der Waals surface area contributed by atoms with E-state index in [0.717, 1.165) is 5.56 Å². The van der Waals surface area contributed by atoms with Gasteiger partial charge in [-0.05, 0) is 51.8 Å². The number of esters is 1. The summed E-state index contributed by atoms with van der Waals surface area (Å²) < 4.78 is 15.3. The minimum atomic E-state index is -1.09. The van der Waals surface area contributed by atoms with Gasteiger partial charge in [-0.2, -0.15) is 0 Å². The normalized spacial score (nSPS) is 14.4. The molecular formula is C21H33ClN2O6. The third-order valence-corrected chi connectivity index (χ3v) is 4.65. The second-order valence-corrected chi connectivity index (χ2v) is 8.76. The number of carbonyl (C=O) groups excluding carboxylic acids is 2. The van der Waals surface area contributed by atoms with Crippen LogP contribution in [0.25, 0.3) is 0 Å². The first-order valence-electron chi connectivity index (χ1n) is 9.66. The van der Waals surface area contributed by atoms with E-state index in [2.05, 4.69) is 10.6 Å². The molecule has 0 radical (unpaired) electrons. The van der Waals surface area contributed by atoms with Crippen LogP contribution in [0.4, 0.5) is 4.79 Å². The van der Waals surface area contributed by atoms with Crippen LogP contribution in [0.1, 0.15) is 33.3 Å². The molecule has 0 bridgehead atoms. The van der Waals surface area contributed by atoms with E-state index in [1.54, 1.807) is 39.8 Å². The first-order valence-corrected chi connectivity index (χ1v) is 10.0. The van der Waals surface area contributed by atoms with Crippen molar-refractivity contribution in [3.05, 3.63) is 28.8 Å². The Morgan fingerprint density at radius 2 is 1.87 bits per heavy atom. The topological polar surface area (TPSA) is 106 Å². The highest BCUT2D eigenvalue weighted by Gasteiger charge is 2.33. The fourth-order valence-electron chi connectivity index (χ4n) is 2.73. The molecule has 1 unspecified atom stereocenters. The molecule has 1 amide bonds. The zero-order valence-electron chi connectivity index (χ0n) is 18.5. The monoisotopic (exact) mass is 444 g/mol. The highest BCUT2D eigenvalue weighted by molar-refractivity contribution is 6.32. The second-order valence-electron chi connectivity index (χ2n) is 8.36. The molecule has 9 heteroatoms. The van der Waals surface area contributed by atoms with Gasteiger partial charge < -0.3 is 30.0 Å². The maximum atomic E-state index is 12.3. The summed E-state index contributed by atoms with van der Waals surface area (Å²) in [4.78, 5) is 24.2. The molecular weight excluding hydrogens is 412 g/mol. The summed E-state index contributed by atoms with van der Waals surface area (Å²) in [7, 11) is 2.81. The number of ether oxygens (including phenoxy) is 3. The molecule has 1 aromatic rings. The van der Waals surface area contributed by atoms with E-state index in [1.807, 2.05) is 6.07 Å². The fraction of sp³-hybridized carbons (Fsp3) is 0.619. The number of halogens is 1. The average molecular weight is 445 g/mol. The Bertz CT molecular complexity index is 722. The largest absolute Gasteiger partial charge is 0.495 e. The molecule has 0 saturated heterocycles. The number of benzene rings is 1. The molecule has 0 spiro atoms. The summed E-state index contributed by atoms with van der Waals surface area (Å²) in [5, 5.41) is 16.0. The van der Waals surface area contributed by atoms with Gasteiger partial charge in [-0.3, -0.25) is 4.79 Å². The number of alkyl carbamates (subject to hydrolysis) is 1. The molecule has 0 fully saturated rings. The van der Waals surface area contributed by atoms with Crippen LogP contribution in [0.3, 0.4) is 0 Å². The lowest BCUT2D eigenvalue weighted by Gasteiger charge is -2.27. The van der Waals surface area contributed by atoms with Crippen LogP contribution in [0, 0.1) is 5.41 Å². The highest BCUT2D eigenvalue weighted by atomic mass is 35.5. The first-order chi connectivity index (χ1) is 13.9. The number of aliphatic hydroxyl groups excluding tert-OH is 1. The van der Waals surface area contributed by atoms with E-state index in [0.29, 0.717) is 23.7 Å². The van der Waals surface area contributed by atoms with Crippen LogP contribution in [0.15, 0.2) is 18.2 Å². The molecule has 0 aromatic heterocycles. The van der Waals surface area contributed by atoms with Crippen molar-refractivity contribution in [2.75, 3.05) is 33.9 Å². The number of hydrogen-bond acceptors (Lipinski definition) is 7. The average Bonchev–Trinajstić information content (AvgIpc) is 2.65. The molecule has 1 rings (SSSR count). The summed E-state index contributed by atoms with van der Waals surface area (Å²) in [6, 6.07) is 5.04. The van der Waals surface area contributed by atoms with Gasteiger partial charge in [0.2, 0.25) is 0 Å². The molecule has 0 heterocycles. The quantitative estimate of drug-likeness (QED) is 0.476. The van der Waals surface area contributed by atoms with Crippen LogP contribution in [-0.4, -0.2) is 62.7 Å². The summed E-state index contributed by atoms with van der Waals surface area (Å²) in [5.74, 6) is 0.0445. The van der Waals surface area contributed by atoms with E-state index < -0.39 is 23.1 Å². The lowest BCUT2D eigenvalue weighted by Crippen LogP contribution is -2.49. The molecule has 170 valence electrons. The van der Waals surface area contributed by atoms with Gasteiger partial charge in [0.05, 0.1) is 25.8 Å². The number of carbonyl (C=O) groups is 2. The minimum Gasteiger partial charge on any atom is -0.495 e. The van der Waals surface area contributed by atoms with E-state index in [-0.39, 0.29) is 19.2 Å². The van der Waals surface area contributed by atoms with E-state index in [1.165, 1.54) is 14.2 Å². The minimum absolute atomic E-state index is 0.173. The molecule has 3 N–H and O–H groups in total. The van der Waals surface area contributed by atoms with E-state index in [9.17, 15) is 14.7 Å². The third kappa shape index (κ3) is 8.38. The Kier molecular flexibility index (Phi) is 9.87. The SMILES string of the molecule is COC(=O)C(C)(CO)CNC[C@@H](Cc1ccc(OC)c(Cl)c1)NC(=O)OC(C)(C)C. The zero-order valence-corrected chi connectivity index (χ0v) is 19.3. The van der Waals surface area contributed by atoms with Crippen LogP contribution in [0.2, 0.25) is 5.02 Å². The number of hydrogen-bond donors (Lipinski definition) is 3.